The Bertz CT molecular complexity index is 2020. The van der Waals surface area contributed by atoms with E-state index in [2.05, 4.69) is 26.6 Å². The van der Waals surface area contributed by atoms with Gasteiger partial charge in [0.15, 0.2) is 18.7 Å². The van der Waals surface area contributed by atoms with E-state index in [0.717, 1.165) is 22.3 Å². The zero-order valence-corrected chi connectivity index (χ0v) is 33.8. The van der Waals surface area contributed by atoms with Gasteiger partial charge in [0.1, 0.15) is 42.6 Å². The van der Waals surface area contributed by atoms with Crippen LogP contribution in [-0.4, -0.2) is 87.1 Å². The third kappa shape index (κ3) is 13.2. The molecule has 10 atom stereocenters. The van der Waals surface area contributed by atoms with Crippen molar-refractivity contribution in [3.8, 4) is 0 Å². The van der Waals surface area contributed by atoms with E-state index in [0.29, 0.717) is 0 Å². The summed E-state index contributed by atoms with van der Waals surface area (Å²) in [6, 6.07) is 35.7. The molecule has 320 valence electrons. The number of ether oxygens (including phenoxy) is 9. The smallest absolute Gasteiger partial charge is 0.303 e. The number of azide groups is 2. The summed E-state index contributed by atoms with van der Waals surface area (Å²) in [4.78, 5) is 19.0. The van der Waals surface area contributed by atoms with Gasteiger partial charge in [-0.1, -0.05) is 138 Å². The van der Waals surface area contributed by atoms with E-state index in [-0.39, 0.29) is 46.2 Å². The van der Waals surface area contributed by atoms with Crippen molar-refractivity contribution in [2.24, 2.45) is 10.2 Å². The Morgan fingerprint density at radius 2 is 1.02 bits per heavy atom. The molecule has 2 fully saturated rings. The second kappa shape index (κ2) is 24.0. The first-order valence-corrected chi connectivity index (χ1v) is 20.0. The molecular formula is C45H50N6O10. The van der Waals surface area contributed by atoms with E-state index in [1.165, 1.54) is 6.92 Å². The number of rotatable bonds is 22. The minimum Gasteiger partial charge on any atom is -0.457 e. The molecule has 4 aromatic rings. The van der Waals surface area contributed by atoms with Crippen molar-refractivity contribution in [1.29, 1.82) is 0 Å². The highest BCUT2D eigenvalue weighted by Crippen LogP contribution is 2.36. The molecule has 0 N–H and O–H groups in total. The lowest BCUT2D eigenvalue weighted by Crippen LogP contribution is -2.65. The molecule has 0 aliphatic carbocycles. The largest absolute Gasteiger partial charge is 0.457 e. The molecular weight excluding hydrogens is 785 g/mol. The van der Waals surface area contributed by atoms with E-state index in [9.17, 15) is 15.9 Å². The van der Waals surface area contributed by atoms with Gasteiger partial charge in [-0.25, -0.2) is 0 Å². The predicted molar refractivity (Wildman–Crippen MR) is 222 cm³/mol. The fraction of sp³-hybridized carbons (Fsp3) is 0.400. The minimum atomic E-state index is -1.38. The van der Waals surface area contributed by atoms with Crippen LogP contribution in [0.4, 0.5) is 0 Å². The Morgan fingerprint density at radius 1 is 0.607 bits per heavy atom. The summed E-state index contributed by atoms with van der Waals surface area (Å²) in [5.41, 5.74) is 23.4. The summed E-state index contributed by atoms with van der Waals surface area (Å²) >= 11 is 0. The van der Waals surface area contributed by atoms with Crippen molar-refractivity contribution < 1.29 is 47.4 Å². The first-order chi connectivity index (χ1) is 30.0. The predicted octanol–water partition coefficient (Wildman–Crippen LogP) is 7.92. The van der Waals surface area contributed by atoms with Crippen LogP contribution in [0.1, 0.15) is 29.2 Å². The molecule has 2 heterocycles. The number of hydrogen-bond acceptors (Lipinski definition) is 12. The molecule has 2 saturated heterocycles. The molecule has 2 aliphatic rings. The quantitative estimate of drug-likeness (QED) is 0.0246. The second-order valence-electron chi connectivity index (χ2n) is 14.3. The van der Waals surface area contributed by atoms with Gasteiger partial charge in [-0.05, 0) is 33.3 Å². The molecule has 6 rings (SSSR count). The number of hydrogen-bond donors (Lipinski definition) is 0. The van der Waals surface area contributed by atoms with Crippen LogP contribution in [0.15, 0.2) is 144 Å². The van der Waals surface area contributed by atoms with Gasteiger partial charge < -0.3 is 42.6 Å². The maximum atomic E-state index is 12.7. The van der Waals surface area contributed by atoms with Crippen LogP contribution in [0.5, 0.6) is 0 Å². The third-order valence-electron chi connectivity index (χ3n) is 9.93. The van der Waals surface area contributed by atoms with Crippen LogP contribution in [-0.2, 0) is 73.9 Å². The lowest BCUT2D eigenvalue weighted by molar-refractivity contribution is -0.337. The Morgan fingerprint density at radius 3 is 1.46 bits per heavy atom. The van der Waals surface area contributed by atoms with Crippen LogP contribution in [0.2, 0.25) is 0 Å². The van der Waals surface area contributed by atoms with E-state index < -0.39 is 67.3 Å². The molecule has 61 heavy (non-hydrogen) atoms. The second-order valence-corrected chi connectivity index (χ2v) is 14.3. The molecule has 16 heteroatoms. The molecule has 16 nitrogen and oxygen atoms in total. The first kappa shape index (κ1) is 44.9. The summed E-state index contributed by atoms with van der Waals surface area (Å²) in [5.74, 6) is -0.609. The SMILES string of the molecule is C=CCO[C@H]1O[C@H](COCc2ccccc2)[C@@H](O[C@H]2O[C@H](COCc3ccccc3)[C@@H](OC(C)=O)[C@H](OCc3ccccc3)[C@@H]2N=[N+]=[N-])[C@H](OCc2ccccc2)[C@@H]1N=[N+]=[N-]. The molecule has 0 bridgehead atoms. The average molecular weight is 835 g/mol. The molecule has 0 spiro atoms. The highest BCUT2D eigenvalue weighted by atomic mass is 16.7. The molecule has 0 radical (unpaired) electrons. The summed E-state index contributed by atoms with van der Waals surface area (Å²) in [6.07, 6.45) is -7.18. The summed E-state index contributed by atoms with van der Waals surface area (Å²) < 4.78 is 57.5. The zero-order chi connectivity index (χ0) is 42.7. The van der Waals surface area contributed by atoms with E-state index in [1.54, 1.807) is 6.08 Å². The molecule has 0 saturated carbocycles. The number of carbonyl (C=O) groups is 1. The van der Waals surface area contributed by atoms with Gasteiger partial charge in [-0.2, -0.15) is 0 Å². The fourth-order valence-corrected chi connectivity index (χ4v) is 7.13. The van der Waals surface area contributed by atoms with Crippen LogP contribution < -0.4 is 0 Å². The standard InChI is InChI=1S/C45H50N6O10/c1-3-24-55-44-38(48-50-46)42(56-27-34-20-12-6-13-21-34)41(37(59-44)30-54-26-33-18-10-5-11-19-33)61-45-39(49-51-47)43(57-28-35-22-14-7-15-23-35)40(58-31(2)52)36(60-45)29-53-25-32-16-8-4-9-17-32/h3-23,36-45H,1,24-30H2,2H3/t36-,37-,38+,39+,40-,41-,42-,43-,44+,45-/m1/s1. The Hall–Kier alpha value is -5.61. The number of esters is 1. The normalized spacial score (nSPS) is 26.0. The monoisotopic (exact) mass is 834 g/mol. The lowest BCUT2D eigenvalue weighted by atomic mass is 9.94. The molecule has 4 aromatic carbocycles. The van der Waals surface area contributed by atoms with Crippen LogP contribution >= 0.6 is 0 Å². The van der Waals surface area contributed by atoms with Crippen molar-refractivity contribution in [2.45, 2.75) is 94.6 Å². The van der Waals surface area contributed by atoms with Crippen molar-refractivity contribution in [2.75, 3.05) is 19.8 Å². The average Bonchev–Trinajstić information content (AvgIpc) is 3.28. The van der Waals surface area contributed by atoms with Crippen molar-refractivity contribution >= 4 is 5.97 Å². The fourth-order valence-electron chi connectivity index (χ4n) is 7.13. The number of benzene rings is 4. The van der Waals surface area contributed by atoms with Gasteiger partial charge in [-0.3, -0.25) is 4.79 Å². The van der Waals surface area contributed by atoms with Gasteiger partial charge in [0.25, 0.3) is 0 Å². The van der Waals surface area contributed by atoms with Crippen molar-refractivity contribution in [3.63, 3.8) is 0 Å². The van der Waals surface area contributed by atoms with Gasteiger partial charge in [0.2, 0.25) is 0 Å². The maximum absolute atomic E-state index is 12.7. The van der Waals surface area contributed by atoms with Gasteiger partial charge in [0.05, 0.1) is 46.2 Å². The highest BCUT2D eigenvalue weighted by molar-refractivity contribution is 5.66. The van der Waals surface area contributed by atoms with E-state index in [4.69, 9.17) is 42.6 Å². The molecule has 0 unspecified atom stereocenters. The Balaban J connectivity index is 1.38. The highest BCUT2D eigenvalue weighted by Gasteiger charge is 2.54. The zero-order valence-electron chi connectivity index (χ0n) is 33.8. The van der Waals surface area contributed by atoms with Crippen molar-refractivity contribution in [3.05, 3.63) is 177 Å². The molecule has 0 amide bonds. The van der Waals surface area contributed by atoms with Crippen LogP contribution in [0.3, 0.4) is 0 Å². The van der Waals surface area contributed by atoms with Gasteiger partial charge in [0, 0.05) is 16.7 Å². The topological polar surface area (TPSA) is 198 Å². The number of nitrogens with zero attached hydrogens (tertiary/aromatic N) is 6. The van der Waals surface area contributed by atoms with Gasteiger partial charge >= 0.3 is 5.97 Å². The first-order valence-electron chi connectivity index (χ1n) is 20.0. The van der Waals surface area contributed by atoms with Crippen LogP contribution in [0, 0.1) is 0 Å². The van der Waals surface area contributed by atoms with Crippen LogP contribution in [0.25, 0.3) is 20.9 Å². The summed E-state index contributed by atoms with van der Waals surface area (Å²) in [7, 11) is 0. The molecule has 2 aliphatic heterocycles. The molecule has 0 aromatic heterocycles. The number of carbonyl (C=O) groups excluding carboxylic acids is 1. The van der Waals surface area contributed by atoms with Gasteiger partial charge in [-0.15, -0.1) is 6.58 Å². The van der Waals surface area contributed by atoms with Crippen molar-refractivity contribution in [1.82, 2.24) is 0 Å². The van der Waals surface area contributed by atoms with E-state index >= 15 is 0 Å². The third-order valence-corrected chi connectivity index (χ3v) is 9.93. The Kier molecular flexibility index (Phi) is 17.7. The summed E-state index contributed by atoms with van der Waals surface area (Å²) in [5, 5.41) is 8.25. The van der Waals surface area contributed by atoms with E-state index in [1.807, 2.05) is 121 Å². The lowest BCUT2D eigenvalue weighted by Gasteiger charge is -2.49. The summed E-state index contributed by atoms with van der Waals surface area (Å²) in [6.45, 7) is 5.63. The minimum absolute atomic E-state index is 0.0335. The Labute approximate surface area is 354 Å². The maximum Gasteiger partial charge on any atom is 0.303 e.